The van der Waals surface area contributed by atoms with Gasteiger partial charge in [-0.2, -0.15) is 0 Å². The summed E-state index contributed by atoms with van der Waals surface area (Å²) in [6.45, 7) is 2.06. The minimum absolute atomic E-state index is 0.655. The maximum atomic E-state index is 5.65. The molecule has 1 aliphatic heterocycles. The molecule has 5 nitrogen and oxygen atoms in total. The minimum Gasteiger partial charge on any atom is -0.490 e. The molecule has 2 aromatic rings. The van der Waals surface area contributed by atoms with Crippen LogP contribution in [0.25, 0.3) is 0 Å². The Labute approximate surface area is 111 Å². The van der Waals surface area contributed by atoms with Gasteiger partial charge in [-0.3, -0.25) is 0 Å². The number of hydrogen-bond donors (Lipinski definition) is 1. The summed E-state index contributed by atoms with van der Waals surface area (Å²) in [6, 6.07) is 7.76. The number of fused-ring (bicyclic) bond motifs is 1. The Kier molecular flexibility index (Phi) is 3.45. The van der Waals surface area contributed by atoms with Crippen LogP contribution in [-0.4, -0.2) is 23.2 Å². The fourth-order valence-corrected chi connectivity index (χ4v) is 1.89. The average molecular weight is 257 g/mol. The third kappa shape index (κ3) is 2.93. The van der Waals surface area contributed by atoms with Crippen LogP contribution in [0.4, 0.5) is 5.69 Å². The first-order valence-electron chi connectivity index (χ1n) is 6.30. The van der Waals surface area contributed by atoms with Crippen LogP contribution in [-0.2, 0) is 6.54 Å². The Bertz CT molecular complexity index is 546. The summed E-state index contributed by atoms with van der Waals surface area (Å²) in [6.07, 6.45) is 4.20. The van der Waals surface area contributed by atoms with Crippen molar-refractivity contribution in [2.24, 2.45) is 0 Å². The largest absolute Gasteiger partial charge is 0.490 e. The van der Waals surface area contributed by atoms with Gasteiger partial charge in [-0.1, -0.05) is 0 Å². The number of benzene rings is 1. The van der Waals surface area contributed by atoms with E-state index in [1.54, 1.807) is 12.5 Å². The number of aromatic nitrogens is 2. The summed E-state index contributed by atoms with van der Waals surface area (Å²) in [5, 5.41) is 3.31. The standard InChI is InChI=1S/C14H15N3O2/c1-6-18-13-3-2-11(8-14(13)19-7-1)16-9-12-4-5-15-10-17-12/h2-5,8,10,16H,1,6-7,9H2. The number of nitrogens with zero attached hydrogens (tertiary/aromatic N) is 2. The third-order valence-electron chi connectivity index (χ3n) is 2.86. The van der Waals surface area contributed by atoms with Crippen LogP contribution >= 0.6 is 0 Å². The number of ether oxygens (including phenoxy) is 2. The Hall–Kier alpha value is -2.30. The molecule has 5 heteroatoms. The molecule has 0 aliphatic carbocycles. The lowest BCUT2D eigenvalue weighted by Crippen LogP contribution is -2.02. The quantitative estimate of drug-likeness (QED) is 0.914. The summed E-state index contributed by atoms with van der Waals surface area (Å²) in [5.74, 6) is 1.61. The molecule has 0 bridgehead atoms. The van der Waals surface area contributed by atoms with E-state index in [9.17, 15) is 0 Å². The van der Waals surface area contributed by atoms with Crippen LogP contribution in [0, 0.1) is 0 Å². The Morgan fingerprint density at radius 2 is 2.00 bits per heavy atom. The van der Waals surface area contributed by atoms with E-state index >= 15 is 0 Å². The van der Waals surface area contributed by atoms with Gasteiger partial charge in [-0.15, -0.1) is 0 Å². The Balaban J connectivity index is 1.70. The van der Waals surface area contributed by atoms with Crippen molar-refractivity contribution in [3.8, 4) is 11.5 Å². The summed E-state index contributed by atoms with van der Waals surface area (Å²) in [5.41, 5.74) is 1.94. The Morgan fingerprint density at radius 1 is 1.11 bits per heavy atom. The summed E-state index contributed by atoms with van der Waals surface area (Å²) in [7, 11) is 0. The molecular weight excluding hydrogens is 242 g/mol. The molecule has 0 amide bonds. The van der Waals surface area contributed by atoms with E-state index in [0.717, 1.165) is 29.3 Å². The van der Waals surface area contributed by atoms with Crippen molar-refractivity contribution in [2.45, 2.75) is 13.0 Å². The predicted octanol–water partition coefficient (Wildman–Crippen LogP) is 2.25. The van der Waals surface area contributed by atoms with Gasteiger partial charge in [0, 0.05) is 24.4 Å². The molecule has 1 aromatic heterocycles. The van der Waals surface area contributed by atoms with Crippen LogP contribution in [0.3, 0.4) is 0 Å². The number of hydrogen-bond acceptors (Lipinski definition) is 5. The second kappa shape index (κ2) is 5.56. The zero-order chi connectivity index (χ0) is 12.9. The van der Waals surface area contributed by atoms with Crippen LogP contribution < -0.4 is 14.8 Å². The molecule has 3 rings (SSSR count). The molecule has 0 saturated carbocycles. The molecule has 0 atom stereocenters. The summed E-state index contributed by atoms with van der Waals surface area (Å²) in [4.78, 5) is 8.06. The fraction of sp³-hybridized carbons (Fsp3) is 0.286. The van der Waals surface area contributed by atoms with Gasteiger partial charge >= 0.3 is 0 Å². The molecule has 19 heavy (non-hydrogen) atoms. The molecule has 98 valence electrons. The zero-order valence-electron chi connectivity index (χ0n) is 10.5. The lowest BCUT2D eigenvalue weighted by molar-refractivity contribution is 0.297. The van der Waals surface area contributed by atoms with Gasteiger partial charge in [-0.05, 0) is 18.2 Å². The number of nitrogens with one attached hydrogen (secondary N) is 1. The van der Waals surface area contributed by atoms with Crippen molar-refractivity contribution in [2.75, 3.05) is 18.5 Å². The highest BCUT2D eigenvalue weighted by atomic mass is 16.5. The molecule has 0 unspecified atom stereocenters. The van der Waals surface area contributed by atoms with E-state index in [0.29, 0.717) is 19.8 Å². The second-order valence-electron chi connectivity index (χ2n) is 4.27. The smallest absolute Gasteiger partial charge is 0.163 e. The van der Waals surface area contributed by atoms with E-state index in [-0.39, 0.29) is 0 Å². The SMILES string of the molecule is c1cc(CNc2ccc3c(c2)OCCCO3)ncn1. The second-order valence-corrected chi connectivity index (χ2v) is 4.27. The van der Waals surface area contributed by atoms with E-state index < -0.39 is 0 Å². The van der Waals surface area contributed by atoms with Crippen molar-refractivity contribution < 1.29 is 9.47 Å². The van der Waals surface area contributed by atoms with Crippen LogP contribution in [0.15, 0.2) is 36.8 Å². The van der Waals surface area contributed by atoms with E-state index in [1.165, 1.54) is 0 Å². The van der Waals surface area contributed by atoms with Gasteiger partial charge in [0.05, 0.1) is 25.5 Å². The first kappa shape index (κ1) is 11.8. The molecule has 1 aromatic carbocycles. The molecule has 0 saturated heterocycles. The van der Waals surface area contributed by atoms with Crippen molar-refractivity contribution in [3.63, 3.8) is 0 Å². The molecule has 0 radical (unpaired) electrons. The van der Waals surface area contributed by atoms with E-state index in [4.69, 9.17) is 9.47 Å². The maximum absolute atomic E-state index is 5.65. The van der Waals surface area contributed by atoms with Gasteiger partial charge in [-0.25, -0.2) is 9.97 Å². The number of anilines is 1. The molecular formula is C14H15N3O2. The maximum Gasteiger partial charge on any atom is 0.163 e. The van der Waals surface area contributed by atoms with Crippen molar-refractivity contribution >= 4 is 5.69 Å². The summed E-state index contributed by atoms with van der Waals surface area (Å²) < 4.78 is 11.2. The predicted molar refractivity (Wildman–Crippen MR) is 71.4 cm³/mol. The van der Waals surface area contributed by atoms with Gasteiger partial charge in [0.15, 0.2) is 11.5 Å². The average Bonchev–Trinajstić information content (AvgIpc) is 2.71. The van der Waals surface area contributed by atoms with Gasteiger partial charge in [0.25, 0.3) is 0 Å². The van der Waals surface area contributed by atoms with E-state index in [1.807, 2.05) is 24.3 Å². The summed E-state index contributed by atoms with van der Waals surface area (Å²) >= 11 is 0. The molecule has 0 fully saturated rings. The van der Waals surface area contributed by atoms with Crippen molar-refractivity contribution in [3.05, 3.63) is 42.5 Å². The third-order valence-corrected chi connectivity index (χ3v) is 2.86. The topological polar surface area (TPSA) is 56.3 Å². The van der Waals surface area contributed by atoms with E-state index in [2.05, 4.69) is 15.3 Å². The molecule has 1 N–H and O–H groups in total. The van der Waals surface area contributed by atoms with Gasteiger partial charge in [0.2, 0.25) is 0 Å². The Morgan fingerprint density at radius 3 is 2.84 bits per heavy atom. The minimum atomic E-state index is 0.655. The van der Waals surface area contributed by atoms with Gasteiger partial charge < -0.3 is 14.8 Å². The van der Waals surface area contributed by atoms with Crippen molar-refractivity contribution in [1.29, 1.82) is 0 Å². The van der Waals surface area contributed by atoms with Crippen LogP contribution in [0.5, 0.6) is 11.5 Å². The van der Waals surface area contributed by atoms with Crippen LogP contribution in [0.1, 0.15) is 12.1 Å². The molecule has 2 heterocycles. The first-order chi connectivity index (χ1) is 9.42. The van der Waals surface area contributed by atoms with Crippen LogP contribution in [0.2, 0.25) is 0 Å². The lowest BCUT2D eigenvalue weighted by atomic mass is 10.2. The molecule has 1 aliphatic rings. The highest BCUT2D eigenvalue weighted by molar-refractivity contribution is 5.55. The van der Waals surface area contributed by atoms with Crippen molar-refractivity contribution in [1.82, 2.24) is 9.97 Å². The van der Waals surface area contributed by atoms with Gasteiger partial charge in [0.1, 0.15) is 6.33 Å². The normalized spacial score (nSPS) is 13.7. The zero-order valence-corrected chi connectivity index (χ0v) is 10.5. The first-order valence-corrected chi connectivity index (χ1v) is 6.30. The monoisotopic (exact) mass is 257 g/mol. The fourth-order valence-electron chi connectivity index (χ4n) is 1.89. The lowest BCUT2D eigenvalue weighted by Gasteiger charge is -2.10. The highest BCUT2D eigenvalue weighted by Crippen LogP contribution is 2.32. The highest BCUT2D eigenvalue weighted by Gasteiger charge is 2.10. The molecule has 0 spiro atoms. The number of rotatable bonds is 3.